The number of nitrogens with one attached hydrogen (secondary N) is 1. The predicted octanol–water partition coefficient (Wildman–Crippen LogP) is 3.41. The zero-order valence-corrected chi connectivity index (χ0v) is 16.5. The summed E-state index contributed by atoms with van der Waals surface area (Å²) >= 11 is 0. The summed E-state index contributed by atoms with van der Waals surface area (Å²) in [6.45, 7) is 3.64. The monoisotopic (exact) mass is 390 g/mol. The lowest BCUT2D eigenvalue weighted by molar-refractivity contribution is -0.116. The molecule has 6 nitrogen and oxygen atoms in total. The first kappa shape index (κ1) is 19.3. The zero-order valence-electron chi connectivity index (χ0n) is 16.5. The fraction of sp³-hybridized carbons (Fsp3) is 0.348. The van der Waals surface area contributed by atoms with Gasteiger partial charge in [-0.1, -0.05) is 30.7 Å². The minimum atomic E-state index is -0.105. The van der Waals surface area contributed by atoms with Crippen LogP contribution in [0.4, 0.5) is 5.69 Å². The van der Waals surface area contributed by atoms with Crippen LogP contribution in [0.1, 0.15) is 31.2 Å². The van der Waals surface area contributed by atoms with Crippen molar-refractivity contribution in [3.05, 3.63) is 70.5 Å². The number of piperidine rings is 1. The summed E-state index contributed by atoms with van der Waals surface area (Å²) in [5.74, 6) is -0.0651. The molecule has 0 atom stereocenters. The van der Waals surface area contributed by atoms with Crippen LogP contribution < -0.4 is 10.7 Å². The van der Waals surface area contributed by atoms with Crippen molar-refractivity contribution in [2.45, 2.75) is 38.8 Å². The Morgan fingerprint density at radius 1 is 1.03 bits per heavy atom. The minimum Gasteiger partial charge on any atom is -0.326 e. The van der Waals surface area contributed by atoms with E-state index in [1.165, 1.54) is 31.0 Å². The highest BCUT2D eigenvalue weighted by molar-refractivity contribution is 5.90. The highest BCUT2D eigenvalue weighted by atomic mass is 16.1. The first-order chi connectivity index (χ1) is 14.2. The van der Waals surface area contributed by atoms with Gasteiger partial charge in [0, 0.05) is 24.0 Å². The molecule has 1 fully saturated rings. The number of likely N-dealkylation sites (tertiary alicyclic amines) is 1. The number of hydrogen-bond donors (Lipinski definition) is 1. The van der Waals surface area contributed by atoms with Crippen LogP contribution in [-0.2, 0) is 17.9 Å². The second-order valence-electron chi connectivity index (χ2n) is 7.58. The number of amides is 1. The summed E-state index contributed by atoms with van der Waals surface area (Å²) in [5.41, 5.74) is 2.68. The van der Waals surface area contributed by atoms with E-state index in [2.05, 4.69) is 27.4 Å². The summed E-state index contributed by atoms with van der Waals surface area (Å²) in [6.07, 6.45) is 5.46. The van der Waals surface area contributed by atoms with Gasteiger partial charge in [-0.15, -0.1) is 0 Å². The summed E-state index contributed by atoms with van der Waals surface area (Å²) in [7, 11) is 0. The number of aromatic nitrogens is 2. The lowest BCUT2D eigenvalue weighted by atomic mass is 10.1. The first-order valence-corrected chi connectivity index (χ1v) is 10.2. The van der Waals surface area contributed by atoms with Crippen LogP contribution in [0.2, 0.25) is 0 Å². The molecule has 0 saturated carbocycles. The van der Waals surface area contributed by atoms with Crippen LogP contribution in [0.5, 0.6) is 0 Å². The largest absolute Gasteiger partial charge is 0.326 e. The normalized spacial score (nSPS) is 14.8. The Balaban J connectivity index is 1.37. The number of para-hydroxylation sites is 1. The summed E-state index contributed by atoms with van der Waals surface area (Å²) < 4.78 is 1.71. The Morgan fingerprint density at radius 2 is 1.86 bits per heavy atom. The van der Waals surface area contributed by atoms with Gasteiger partial charge in [0.1, 0.15) is 0 Å². The van der Waals surface area contributed by atoms with Gasteiger partial charge < -0.3 is 5.32 Å². The SMILES string of the molecule is O=C(CCn1ncc(=O)c2ccccc21)Nc1cccc(CN2CCCCC2)c1. The van der Waals surface area contributed by atoms with Gasteiger partial charge in [0.15, 0.2) is 0 Å². The standard InChI is InChI=1S/C23H26N4O2/c28-22-16-24-27(21-10-3-2-9-20(21)22)14-11-23(29)25-19-8-6-7-18(15-19)17-26-12-4-1-5-13-26/h2-3,6-10,15-16H,1,4-5,11-14,17H2,(H,25,29). The van der Waals surface area contributed by atoms with Crippen molar-refractivity contribution >= 4 is 22.5 Å². The molecule has 1 N–H and O–H groups in total. The molecule has 1 aromatic heterocycles. The van der Waals surface area contributed by atoms with E-state index in [0.717, 1.165) is 30.8 Å². The minimum absolute atomic E-state index is 0.0651. The molecule has 0 radical (unpaired) electrons. The maximum Gasteiger partial charge on any atom is 0.226 e. The van der Waals surface area contributed by atoms with E-state index in [1.54, 1.807) is 10.7 Å². The van der Waals surface area contributed by atoms with E-state index in [9.17, 15) is 9.59 Å². The van der Waals surface area contributed by atoms with Gasteiger partial charge in [-0.25, -0.2) is 0 Å². The number of nitrogens with zero attached hydrogens (tertiary/aromatic N) is 3. The number of aryl methyl sites for hydroxylation is 1. The Morgan fingerprint density at radius 3 is 2.72 bits per heavy atom. The Kier molecular flexibility index (Phi) is 6.00. The number of benzene rings is 2. The van der Waals surface area contributed by atoms with E-state index in [4.69, 9.17) is 0 Å². The smallest absolute Gasteiger partial charge is 0.226 e. The molecule has 1 aliphatic rings. The third kappa shape index (κ3) is 4.90. The summed E-state index contributed by atoms with van der Waals surface area (Å²) in [4.78, 5) is 26.9. The molecule has 2 heterocycles. The van der Waals surface area contributed by atoms with Gasteiger partial charge >= 0.3 is 0 Å². The number of carbonyl (C=O) groups is 1. The quantitative estimate of drug-likeness (QED) is 0.700. The fourth-order valence-electron chi connectivity index (χ4n) is 3.89. The molecule has 29 heavy (non-hydrogen) atoms. The molecule has 6 heteroatoms. The third-order valence-corrected chi connectivity index (χ3v) is 5.38. The summed E-state index contributed by atoms with van der Waals surface area (Å²) in [6, 6.07) is 15.4. The average Bonchev–Trinajstić information content (AvgIpc) is 2.74. The van der Waals surface area contributed by atoms with E-state index < -0.39 is 0 Å². The Bertz CT molecular complexity index is 1050. The molecule has 2 aromatic carbocycles. The highest BCUT2D eigenvalue weighted by Crippen LogP contribution is 2.16. The maximum atomic E-state index is 12.5. The van der Waals surface area contributed by atoms with Gasteiger partial charge in [0.25, 0.3) is 0 Å². The van der Waals surface area contributed by atoms with Crippen molar-refractivity contribution < 1.29 is 4.79 Å². The van der Waals surface area contributed by atoms with E-state index in [0.29, 0.717) is 11.9 Å². The molecule has 0 spiro atoms. The van der Waals surface area contributed by atoms with Crippen molar-refractivity contribution in [1.82, 2.24) is 14.7 Å². The molecule has 0 aliphatic carbocycles. The van der Waals surface area contributed by atoms with Gasteiger partial charge in [-0.05, 0) is 55.8 Å². The number of carbonyl (C=O) groups excluding carboxylic acids is 1. The van der Waals surface area contributed by atoms with Gasteiger partial charge in [-0.3, -0.25) is 19.2 Å². The lowest BCUT2D eigenvalue weighted by Gasteiger charge is -2.26. The second kappa shape index (κ2) is 9.01. The average molecular weight is 390 g/mol. The van der Waals surface area contributed by atoms with Crippen LogP contribution in [-0.4, -0.2) is 33.7 Å². The summed E-state index contributed by atoms with van der Waals surface area (Å²) in [5, 5.41) is 7.79. The molecule has 150 valence electrons. The first-order valence-electron chi connectivity index (χ1n) is 10.2. The Labute approximate surface area is 170 Å². The van der Waals surface area contributed by atoms with E-state index in [-0.39, 0.29) is 17.8 Å². The molecule has 3 aromatic rings. The fourth-order valence-corrected chi connectivity index (χ4v) is 3.89. The van der Waals surface area contributed by atoms with Gasteiger partial charge in [-0.2, -0.15) is 5.10 Å². The van der Waals surface area contributed by atoms with Crippen molar-refractivity contribution in [3.8, 4) is 0 Å². The van der Waals surface area contributed by atoms with Gasteiger partial charge in [0.2, 0.25) is 11.3 Å². The molecule has 0 unspecified atom stereocenters. The second-order valence-corrected chi connectivity index (χ2v) is 7.58. The zero-order chi connectivity index (χ0) is 20.1. The maximum absolute atomic E-state index is 12.5. The number of fused-ring (bicyclic) bond motifs is 1. The van der Waals surface area contributed by atoms with E-state index in [1.807, 2.05) is 30.3 Å². The van der Waals surface area contributed by atoms with Crippen molar-refractivity contribution in [1.29, 1.82) is 0 Å². The molecule has 1 aliphatic heterocycles. The lowest BCUT2D eigenvalue weighted by Crippen LogP contribution is -2.29. The predicted molar refractivity (Wildman–Crippen MR) is 115 cm³/mol. The molecule has 4 rings (SSSR count). The van der Waals surface area contributed by atoms with Crippen molar-refractivity contribution in [3.63, 3.8) is 0 Å². The molecule has 1 amide bonds. The van der Waals surface area contributed by atoms with Gasteiger partial charge in [0.05, 0.1) is 18.3 Å². The number of hydrogen-bond acceptors (Lipinski definition) is 4. The molecule has 1 saturated heterocycles. The highest BCUT2D eigenvalue weighted by Gasteiger charge is 2.11. The Hall–Kier alpha value is -2.99. The molecule has 0 bridgehead atoms. The van der Waals surface area contributed by atoms with Crippen LogP contribution in [0.3, 0.4) is 0 Å². The molecular formula is C23H26N4O2. The van der Waals surface area contributed by atoms with Crippen LogP contribution in [0.15, 0.2) is 59.5 Å². The topological polar surface area (TPSA) is 67.2 Å². The van der Waals surface area contributed by atoms with Crippen molar-refractivity contribution in [2.75, 3.05) is 18.4 Å². The van der Waals surface area contributed by atoms with Crippen LogP contribution in [0, 0.1) is 0 Å². The number of anilines is 1. The van der Waals surface area contributed by atoms with Crippen LogP contribution in [0.25, 0.3) is 10.9 Å². The van der Waals surface area contributed by atoms with E-state index >= 15 is 0 Å². The van der Waals surface area contributed by atoms with Crippen molar-refractivity contribution in [2.24, 2.45) is 0 Å². The molecular weight excluding hydrogens is 364 g/mol. The number of rotatable bonds is 6. The van der Waals surface area contributed by atoms with Crippen LogP contribution >= 0.6 is 0 Å². The third-order valence-electron chi connectivity index (χ3n) is 5.38.